The summed E-state index contributed by atoms with van der Waals surface area (Å²) in [6, 6.07) is 0. The maximum Gasteiger partial charge on any atom is 0.107 e. The van der Waals surface area contributed by atoms with Crippen molar-refractivity contribution in [2.75, 3.05) is 19.6 Å². The highest BCUT2D eigenvalue weighted by molar-refractivity contribution is 7.11. The van der Waals surface area contributed by atoms with Crippen LogP contribution in [0.5, 0.6) is 0 Å². The minimum absolute atomic E-state index is 0.706. The van der Waals surface area contributed by atoms with Crippen LogP contribution in [-0.2, 0) is 19.5 Å². The van der Waals surface area contributed by atoms with E-state index in [9.17, 15) is 0 Å². The fourth-order valence-corrected chi connectivity index (χ4v) is 3.97. The van der Waals surface area contributed by atoms with Gasteiger partial charge >= 0.3 is 0 Å². The molecule has 4 heteroatoms. The van der Waals surface area contributed by atoms with Crippen molar-refractivity contribution < 1.29 is 0 Å². The van der Waals surface area contributed by atoms with Crippen LogP contribution < -0.4 is 5.32 Å². The van der Waals surface area contributed by atoms with Crippen LogP contribution in [0.1, 0.15) is 56.1 Å². The van der Waals surface area contributed by atoms with Gasteiger partial charge in [0.15, 0.2) is 0 Å². The first-order chi connectivity index (χ1) is 10.1. The number of hydrogen-bond donors (Lipinski definition) is 1. The number of aromatic nitrogens is 1. The summed E-state index contributed by atoms with van der Waals surface area (Å²) in [7, 11) is 0. The van der Waals surface area contributed by atoms with Crippen molar-refractivity contribution in [1.82, 2.24) is 15.2 Å². The van der Waals surface area contributed by atoms with Crippen molar-refractivity contribution in [1.29, 1.82) is 0 Å². The topological polar surface area (TPSA) is 28.2 Å². The van der Waals surface area contributed by atoms with Crippen molar-refractivity contribution in [3.05, 3.63) is 15.6 Å². The Kier molecular flexibility index (Phi) is 6.65. The van der Waals surface area contributed by atoms with E-state index in [1.165, 1.54) is 41.5 Å². The van der Waals surface area contributed by atoms with Crippen LogP contribution in [0, 0.1) is 11.8 Å². The number of nitrogens with one attached hydrogen (secondary N) is 1. The fraction of sp³-hybridized carbons (Fsp3) is 0.824. The van der Waals surface area contributed by atoms with E-state index in [1.54, 1.807) is 0 Å². The Morgan fingerprint density at radius 2 is 2.05 bits per heavy atom. The van der Waals surface area contributed by atoms with Gasteiger partial charge in [-0.2, -0.15) is 0 Å². The Balaban J connectivity index is 1.89. The number of likely N-dealkylation sites (tertiary alicyclic amines) is 1. The SMILES string of the molecule is CCc1nc(CN2CCC(C)CC2)sc1CNCC(C)C. The second-order valence-electron chi connectivity index (χ2n) is 6.81. The van der Waals surface area contributed by atoms with Gasteiger partial charge in [0.05, 0.1) is 12.2 Å². The highest BCUT2D eigenvalue weighted by Gasteiger charge is 2.18. The van der Waals surface area contributed by atoms with E-state index in [-0.39, 0.29) is 0 Å². The Morgan fingerprint density at radius 1 is 1.33 bits per heavy atom. The van der Waals surface area contributed by atoms with Crippen LogP contribution in [0.3, 0.4) is 0 Å². The van der Waals surface area contributed by atoms with Gasteiger partial charge in [0.1, 0.15) is 5.01 Å². The minimum Gasteiger partial charge on any atom is -0.312 e. The molecule has 1 aromatic heterocycles. The van der Waals surface area contributed by atoms with E-state index in [4.69, 9.17) is 4.98 Å². The van der Waals surface area contributed by atoms with Crippen LogP contribution in [0.2, 0.25) is 0 Å². The van der Waals surface area contributed by atoms with Gasteiger partial charge in [-0.1, -0.05) is 27.7 Å². The van der Waals surface area contributed by atoms with Crippen LogP contribution in [0.4, 0.5) is 0 Å². The lowest BCUT2D eigenvalue weighted by Gasteiger charge is -2.29. The molecule has 2 heterocycles. The van der Waals surface area contributed by atoms with Crippen LogP contribution >= 0.6 is 11.3 Å². The summed E-state index contributed by atoms with van der Waals surface area (Å²) in [6.45, 7) is 14.7. The van der Waals surface area contributed by atoms with Crippen molar-refractivity contribution in [2.24, 2.45) is 11.8 Å². The number of piperidine rings is 1. The second kappa shape index (κ2) is 8.25. The summed E-state index contributed by atoms with van der Waals surface area (Å²) in [5.41, 5.74) is 1.30. The summed E-state index contributed by atoms with van der Waals surface area (Å²) in [5.74, 6) is 1.61. The molecule has 120 valence electrons. The van der Waals surface area contributed by atoms with Crippen molar-refractivity contribution in [3.8, 4) is 0 Å². The molecule has 1 saturated heterocycles. The summed E-state index contributed by atoms with van der Waals surface area (Å²) in [4.78, 5) is 8.89. The molecule has 21 heavy (non-hydrogen) atoms. The lowest BCUT2D eigenvalue weighted by molar-refractivity contribution is 0.185. The zero-order valence-electron chi connectivity index (χ0n) is 14.1. The zero-order valence-corrected chi connectivity index (χ0v) is 14.9. The maximum atomic E-state index is 4.88. The Hall–Kier alpha value is -0.450. The molecule has 0 radical (unpaired) electrons. The van der Waals surface area contributed by atoms with Crippen molar-refractivity contribution >= 4 is 11.3 Å². The lowest BCUT2D eigenvalue weighted by atomic mass is 9.99. The predicted molar refractivity (Wildman–Crippen MR) is 91.7 cm³/mol. The third-order valence-corrected chi connectivity index (χ3v) is 5.31. The molecule has 1 N–H and O–H groups in total. The summed E-state index contributed by atoms with van der Waals surface area (Å²) in [6.07, 6.45) is 3.73. The number of aryl methyl sites for hydroxylation is 1. The van der Waals surface area contributed by atoms with Gasteiger partial charge in [-0.05, 0) is 50.7 Å². The highest BCUT2D eigenvalue weighted by Crippen LogP contribution is 2.23. The van der Waals surface area contributed by atoms with Crippen molar-refractivity contribution in [2.45, 2.75) is 60.0 Å². The molecule has 3 nitrogen and oxygen atoms in total. The first-order valence-corrected chi connectivity index (χ1v) is 9.30. The number of nitrogens with zero attached hydrogens (tertiary/aromatic N) is 2. The van der Waals surface area contributed by atoms with Gasteiger partial charge in [0.2, 0.25) is 0 Å². The molecule has 1 aliphatic heterocycles. The van der Waals surface area contributed by atoms with Gasteiger partial charge in [-0.3, -0.25) is 4.90 Å². The standard InChI is InChI=1S/C17H31N3S/c1-5-15-16(11-18-10-13(2)3)21-17(19-15)12-20-8-6-14(4)7-9-20/h13-14,18H,5-12H2,1-4H3. The largest absolute Gasteiger partial charge is 0.312 e. The molecule has 0 spiro atoms. The maximum absolute atomic E-state index is 4.88. The molecule has 0 aliphatic carbocycles. The molecule has 0 aromatic carbocycles. The van der Waals surface area contributed by atoms with E-state index in [1.807, 2.05) is 11.3 Å². The lowest BCUT2D eigenvalue weighted by Crippen LogP contribution is -2.32. The average molecular weight is 310 g/mol. The summed E-state index contributed by atoms with van der Waals surface area (Å²) in [5, 5.41) is 4.86. The number of rotatable bonds is 7. The molecular weight excluding hydrogens is 278 g/mol. The van der Waals surface area contributed by atoms with Gasteiger partial charge < -0.3 is 5.32 Å². The van der Waals surface area contributed by atoms with E-state index >= 15 is 0 Å². The summed E-state index contributed by atoms with van der Waals surface area (Å²) < 4.78 is 0. The zero-order chi connectivity index (χ0) is 15.2. The molecule has 2 rings (SSSR count). The molecule has 1 aromatic rings. The molecule has 1 fully saturated rings. The third-order valence-electron chi connectivity index (χ3n) is 4.23. The van der Waals surface area contributed by atoms with E-state index < -0.39 is 0 Å². The predicted octanol–water partition coefficient (Wildman–Crippen LogP) is 3.68. The number of hydrogen-bond acceptors (Lipinski definition) is 4. The monoisotopic (exact) mass is 309 g/mol. The molecule has 0 amide bonds. The first kappa shape index (κ1) is 16.9. The first-order valence-electron chi connectivity index (χ1n) is 8.49. The van der Waals surface area contributed by atoms with Gasteiger partial charge in [-0.15, -0.1) is 11.3 Å². The molecule has 0 saturated carbocycles. The van der Waals surface area contributed by atoms with Gasteiger partial charge in [0.25, 0.3) is 0 Å². The Bertz CT molecular complexity index is 420. The van der Waals surface area contributed by atoms with Crippen LogP contribution in [-0.4, -0.2) is 29.5 Å². The Morgan fingerprint density at radius 3 is 2.67 bits per heavy atom. The van der Waals surface area contributed by atoms with Crippen molar-refractivity contribution in [3.63, 3.8) is 0 Å². The van der Waals surface area contributed by atoms with Crippen LogP contribution in [0.25, 0.3) is 0 Å². The molecule has 0 atom stereocenters. The van der Waals surface area contributed by atoms with Gasteiger partial charge in [0, 0.05) is 11.4 Å². The average Bonchev–Trinajstić information content (AvgIpc) is 2.83. The third kappa shape index (κ3) is 5.35. The number of thiazole rings is 1. The fourth-order valence-electron chi connectivity index (χ4n) is 2.80. The minimum atomic E-state index is 0.706. The summed E-state index contributed by atoms with van der Waals surface area (Å²) >= 11 is 1.91. The quantitative estimate of drug-likeness (QED) is 0.833. The smallest absolute Gasteiger partial charge is 0.107 e. The van der Waals surface area contributed by atoms with Gasteiger partial charge in [-0.25, -0.2) is 4.98 Å². The second-order valence-corrected chi connectivity index (χ2v) is 7.98. The molecule has 0 bridgehead atoms. The molecule has 1 aliphatic rings. The Labute approximate surface area is 134 Å². The van der Waals surface area contributed by atoms with E-state index in [0.29, 0.717) is 5.92 Å². The van der Waals surface area contributed by atoms with E-state index in [2.05, 4.69) is 37.9 Å². The van der Waals surface area contributed by atoms with E-state index in [0.717, 1.165) is 32.0 Å². The molecular formula is C17H31N3S. The normalized spacial score (nSPS) is 17.8. The highest BCUT2D eigenvalue weighted by atomic mass is 32.1. The molecule has 0 unspecified atom stereocenters. The van der Waals surface area contributed by atoms with Crippen LogP contribution in [0.15, 0.2) is 0 Å².